The monoisotopic (exact) mass is 214 g/mol. The van der Waals surface area contributed by atoms with Crippen LogP contribution in [0.5, 0.6) is 5.75 Å². The van der Waals surface area contributed by atoms with Crippen LogP contribution in [0.25, 0.3) is 10.9 Å². The molecule has 1 aliphatic heterocycles. The molecule has 1 aromatic heterocycles. The molecule has 1 atom stereocenters. The Kier molecular flexibility index (Phi) is 2.46. The number of aromatic nitrogens is 1. The number of ether oxygens (including phenoxy) is 1. The summed E-state index contributed by atoms with van der Waals surface area (Å²) in [6.07, 6.45) is 3.21. The van der Waals surface area contributed by atoms with Gasteiger partial charge in [-0.3, -0.25) is 4.98 Å². The highest BCUT2D eigenvalue weighted by Crippen LogP contribution is 2.21. The zero-order valence-electron chi connectivity index (χ0n) is 9.02. The van der Waals surface area contributed by atoms with Gasteiger partial charge in [0.2, 0.25) is 0 Å². The van der Waals surface area contributed by atoms with Gasteiger partial charge in [-0.25, -0.2) is 0 Å². The Bertz CT molecular complexity index is 492. The topological polar surface area (TPSA) is 34.1 Å². The first kappa shape index (κ1) is 9.60. The molecule has 0 saturated carbocycles. The maximum atomic E-state index is 5.89. The van der Waals surface area contributed by atoms with Crippen molar-refractivity contribution in [2.24, 2.45) is 0 Å². The van der Waals surface area contributed by atoms with Crippen molar-refractivity contribution >= 4 is 10.9 Å². The highest BCUT2D eigenvalue weighted by Gasteiger charge is 2.15. The molecule has 0 spiro atoms. The molecule has 2 heterocycles. The lowest BCUT2D eigenvalue weighted by Crippen LogP contribution is -2.19. The summed E-state index contributed by atoms with van der Waals surface area (Å²) in [6, 6.07) is 10.1. The minimum absolute atomic E-state index is 0.314. The highest BCUT2D eigenvalue weighted by molar-refractivity contribution is 5.79. The molecule has 1 saturated heterocycles. The fourth-order valence-electron chi connectivity index (χ4n) is 2.05. The molecule has 0 radical (unpaired) electrons. The number of nitrogens with one attached hydrogen (secondary N) is 1. The van der Waals surface area contributed by atoms with Crippen molar-refractivity contribution in [3.8, 4) is 5.75 Å². The SMILES string of the molecule is c1cnc2ccc(O[C@H]3CCNC3)cc2c1. The van der Waals surface area contributed by atoms with E-state index in [1.165, 1.54) is 0 Å². The molecule has 3 rings (SSSR count). The maximum absolute atomic E-state index is 5.89. The molecule has 0 amide bonds. The van der Waals surface area contributed by atoms with E-state index in [0.29, 0.717) is 6.10 Å². The minimum Gasteiger partial charge on any atom is -0.489 e. The van der Waals surface area contributed by atoms with Gasteiger partial charge in [-0.15, -0.1) is 0 Å². The summed E-state index contributed by atoms with van der Waals surface area (Å²) in [4.78, 5) is 4.29. The largest absolute Gasteiger partial charge is 0.489 e. The molecule has 0 unspecified atom stereocenters. The molecule has 16 heavy (non-hydrogen) atoms. The Morgan fingerprint density at radius 2 is 2.31 bits per heavy atom. The first-order valence-electron chi connectivity index (χ1n) is 5.64. The standard InChI is InChI=1S/C13H14N2O/c1-2-10-8-11(3-4-13(10)15-6-1)16-12-5-7-14-9-12/h1-4,6,8,12,14H,5,7,9H2/t12-/m0/s1. The van der Waals surface area contributed by atoms with Crippen molar-refractivity contribution < 1.29 is 4.74 Å². The zero-order chi connectivity index (χ0) is 10.8. The van der Waals surface area contributed by atoms with Gasteiger partial charge in [0.25, 0.3) is 0 Å². The van der Waals surface area contributed by atoms with E-state index in [0.717, 1.165) is 36.2 Å². The van der Waals surface area contributed by atoms with E-state index >= 15 is 0 Å². The van der Waals surface area contributed by atoms with Gasteiger partial charge in [0, 0.05) is 18.1 Å². The second kappa shape index (κ2) is 4.10. The average Bonchev–Trinajstić information content (AvgIpc) is 2.82. The molecule has 1 aromatic carbocycles. The molecule has 0 aliphatic carbocycles. The van der Waals surface area contributed by atoms with Gasteiger partial charge in [-0.05, 0) is 37.2 Å². The smallest absolute Gasteiger partial charge is 0.120 e. The molecule has 1 fully saturated rings. The van der Waals surface area contributed by atoms with Crippen molar-refractivity contribution in [2.45, 2.75) is 12.5 Å². The van der Waals surface area contributed by atoms with E-state index in [4.69, 9.17) is 4.74 Å². The zero-order valence-corrected chi connectivity index (χ0v) is 9.02. The number of hydrogen-bond acceptors (Lipinski definition) is 3. The molecule has 0 bridgehead atoms. The summed E-state index contributed by atoms with van der Waals surface area (Å²) in [7, 11) is 0. The van der Waals surface area contributed by atoms with Gasteiger partial charge in [0.15, 0.2) is 0 Å². The molecule has 1 N–H and O–H groups in total. The lowest BCUT2D eigenvalue weighted by molar-refractivity contribution is 0.223. The molecular formula is C13H14N2O. The number of nitrogens with zero attached hydrogens (tertiary/aromatic N) is 1. The quantitative estimate of drug-likeness (QED) is 0.830. The van der Waals surface area contributed by atoms with E-state index in [2.05, 4.69) is 22.4 Å². The Morgan fingerprint density at radius 3 is 3.19 bits per heavy atom. The van der Waals surface area contributed by atoms with E-state index in [1.807, 2.05) is 24.4 Å². The lowest BCUT2D eigenvalue weighted by Gasteiger charge is -2.12. The van der Waals surface area contributed by atoms with Crippen molar-refractivity contribution in [3.05, 3.63) is 36.5 Å². The van der Waals surface area contributed by atoms with Crippen LogP contribution in [0.1, 0.15) is 6.42 Å². The van der Waals surface area contributed by atoms with Crippen LogP contribution in [0.4, 0.5) is 0 Å². The van der Waals surface area contributed by atoms with Crippen molar-refractivity contribution in [2.75, 3.05) is 13.1 Å². The number of hydrogen-bond donors (Lipinski definition) is 1. The Hall–Kier alpha value is -1.61. The second-order valence-electron chi connectivity index (χ2n) is 4.09. The van der Waals surface area contributed by atoms with E-state index in [9.17, 15) is 0 Å². The molecule has 3 heteroatoms. The maximum Gasteiger partial charge on any atom is 0.120 e. The summed E-state index contributed by atoms with van der Waals surface area (Å²) >= 11 is 0. The molecule has 82 valence electrons. The molecule has 3 nitrogen and oxygen atoms in total. The van der Waals surface area contributed by atoms with Gasteiger partial charge >= 0.3 is 0 Å². The lowest BCUT2D eigenvalue weighted by atomic mass is 10.2. The normalized spacial score (nSPS) is 20.1. The summed E-state index contributed by atoms with van der Waals surface area (Å²) in [5, 5.41) is 4.42. The molecule has 1 aliphatic rings. The van der Waals surface area contributed by atoms with Crippen LogP contribution in [0, 0.1) is 0 Å². The average molecular weight is 214 g/mol. The van der Waals surface area contributed by atoms with Gasteiger partial charge in [0.05, 0.1) is 5.52 Å². The fourth-order valence-corrected chi connectivity index (χ4v) is 2.05. The van der Waals surface area contributed by atoms with Crippen molar-refractivity contribution in [1.82, 2.24) is 10.3 Å². The van der Waals surface area contributed by atoms with Gasteiger partial charge in [-0.1, -0.05) is 6.07 Å². The van der Waals surface area contributed by atoms with Gasteiger partial charge in [0.1, 0.15) is 11.9 Å². The van der Waals surface area contributed by atoms with Crippen LogP contribution in [0.2, 0.25) is 0 Å². The van der Waals surface area contributed by atoms with Crippen LogP contribution < -0.4 is 10.1 Å². The Labute approximate surface area is 94.5 Å². The summed E-state index contributed by atoms with van der Waals surface area (Å²) in [6.45, 7) is 2.00. The summed E-state index contributed by atoms with van der Waals surface area (Å²) < 4.78 is 5.89. The number of fused-ring (bicyclic) bond motifs is 1. The third-order valence-electron chi connectivity index (χ3n) is 2.89. The van der Waals surface area contributed by atoms with Crippen LogP contribution >= 0.6 is 0 Å². The molecule has 2 aromatic rings. The van der Waals surface area contributed by atoms with E-state index in [-0.39, 0.29) is 0 Å². The molecular weight excluding hydrogens is 200 g/mol. The van der Waals surface area contributed by atoms with Crippen LogP contribution in [-0.2, 0) is 0 Å². The predicted molar refractivity (Wildman–Crippen MR) is 63.6 cm³/mol. The van der Waals surface area contributed by atoms with Gasteiger partial charge in [-0.2, -0.15) is 0 Å². The summed E-state index contributed by atoms with van der Waals surface area (Å²) in [5.41, 5.74) is 1.01. The van der Waals surface area contributed by atoms with Crippen LogP contribution in [0.15, 0.2) is 36.5 Å². The first-order chi connectivity index (χ1) is 7.92. The predicted octanol–water partition coefficient (Wildman–Crippen LogP) is 1.98. The third kappa shape index (κ3) is 1.86. The van der Waals surface area contributed by atoms with Crippen LogP contribution in [-0.4, -0.2) is 24.2 Å². The van der Waals surface area contributed by atoms with Crippen molar-refractivity contribution in [3.63, 3.8) is 0 Å². The Morgan fingerprint density at radius 1 is 1.31 bits per heavy atom. The fraction of sp³-hybridized carbons (Fsp3) is 0.308. The van der Waals surface area contributed by atoms with E-state index in [1.54, 1.807) is 0 Å². The second-order valence-corrected chi connectivity index (χ2v) is 4.09. The van der Waals surface area contributed by atoms with Gasteiger partial charge < -0.3 is 10.1 Å². The Balaban J connectivity index is 1.86. The van der Waals surface area contributed by atoms with Crippen molar-refractivity contribution in [1.29, 1.82) is 0 Å². The number of benzene rings is 1. The minimum atomic E-state index is 0.314. The first-order valence-corrected chi connectivity index (χ1v) is 5.64. The van der Waals surface area contributed by atoms with E-state index < -0.39 is 0 Å². The number of pyridine rings is 1. The van der Waals surface area contributed by atoms with Crippen LogP contribution in [0.3, 0.4) is 0 Å². The number of rotatable bonds is 2. The summed E-state index contributed by atoms with van der Waals surface area (Å²) in [5.74, 6) is 0.939. The highest BCUT2D eigenvalue weighted by atomic mass is 16.5. The third-order valence-corrected chi connectivity index (χ3v) is 2.89.